The molecule has 1 heterocycles. The lowest BCUT2D eigenvalue weighted by Gasteiger charge is -2.09. The van der Waals surface area contributed by atoms with E-state index in [1.54, 1.807) is 7.05 Å². The molecule has 0 radical (unpaired) electrons. The van der Waals surface area contributed by atoms with Gasteiger partial charge in [-0.3, -0.25) is 4.68 Å². The van der Waals surface area contributed by atoms with Crippen LogP contribution in [0.2, 0.25) is 0 Å². The van der Waals surface area contributed by atoms with Crippen LogP contribution >= 0.6 is 0 Å². The van der Waals surface area contributed by atoms with Crippen molar-refractivity contribution in [2.45, 2.75) is 6.92 Å². The average Bonchev–Trinajstić information content (AvgIpc) is 2.68. The second-order valence-corrected chi connectivity index (χ2v) is 3.87. The van der Waals surface area contributed by atoms with Crippen molar-refractivity contribution in [3.05, 3.63) is 41.0 Å². The zero-order valence-electron chi connectivity index (χ0n) is 9.86. The van der Waals surface area contributed by atoms with E-state index in [1.165, 1.54) is 17.8 Å². The van der Waals surface area contributed by atoms with Crippen LogP contribution in [0.1, 0.15) is 5.69 Å². The fraction of sp³-hybridized carbons (Fsp3) is 0.182. The first-order valence-electron chi connectivity index (χ1n) is 5.11. The summed E-state index contributed by atoms with van der Waals surface area (Å²) in [6.07, 6.45) is 1.35. The minimum Gasteiger partial charge on any atom is -0.348 e. The van der Waals surface area contributed by atoms with Gasteiger partial charge in [-0.15, -0.1) is 0 Å². The van der Waals surface area contributed by atoms with Crippen molar-refractivity contribution < 1.29 is 22.0 Å². The summed E-state index contributed by atoms with van der Waals surface area (Å²) < 4.78 is 67.0. The van der Waals surface area contributed by atoms with E-state index < -0.39 is 34.8 Å². The largest absolute Gasteiger partial charge is 0.348 e. The van der Waals surface area contributed by atoms with Crippen LogP contribution in [-0.2, 0) is 7.05 Å². The van der Waals surface area contributed by atoms with Crippen LogP contribution < -0.4 is 5.32 Å². The Morgan fingerprint density at radius 1 is 0.947 bits per heavy atom. The smallest absolute Gasteiger partial charge is 0.200 e. The lowest BCUT2D eigenvalue weighted by atomic mass is 10.2. The number of hydrogen-bond donors (Lipinski definition) is 1. The third-order valence-electron chi connectivity index (χ3n) is 2.48. The number of halogens is 5. The highest BCUT2D eigenvalue weighted by Crippen LogP contribution is 2.30. The van der Waals surface area contributed by atoms with Gasteiger partial charge in [-0.25, -0.2) is 22.0 Å². The predicted molar refractivity (Wildman–Crippen MR) is 57.5 cm³/mol. The number of nitrogens with one attached hydrogen (secondary N) is 1. The Morgan fingerprint density at radius 2 is 1.42 bits per heavy atom. The topological polar surface area (TPSA) is 29.9 Å². The molecule has 3 nitrogen and oxygen atoms in total. The molecule has 2 rings (SSSR count). The maximum absolute atomic E-state index is 13.4. The highest BCUT2D eigenvalue weighted by Gasteiger charge is 2.26. The Hall–Kier alpha value is -2.12. The molecule has 0 spiro atoms. The number of aromatic nitrogens is 2. The first kappa shape index (κ1) is 13.3. The monoisotopic (exact) mass is 277 g/mol. The van der Waals surface area contributed by atoms with Gasteiger partial charge in [0.25, 0.3) is 0 Å². The molecule has 0 amide bonds. The molecule has 0 saturated carbocycles. The van der Waals surface area contributed by atoms with E-state index in [-0.39, 0.29) is 5.69 Å². The second-order valence-electron chi connectivity index (χ2n) is 3.87. The third kappa shape index (κ3) is 2.13. The quantitative estimate of drug-likeness (QED) is 0.519. The van der Waals surface area contributed by atoms with Crippen LogP contribution in [-0.4, -0.2) is 9.78 Å². The van der Waals surface area contributed by atoms with Gasteiger partial charge in [0.2, 0.25) is 5.82 Å². The minimum absolute atomic E-state index is 0.144. The number of benzene rings is 1. The molecular formula is C11H8F5N3. The summed E-state index contributed by atoms with van der Waals surface area (Å²) in [5.41, 5.74) is -0.607. The molecule has 2 aromatic rings. The normalized spacial score (nSPS) is 10.9. The number of hydrogen-bond acceptors (Lipinski definition) is 2. The molecule has 0 aliphatic rings. The summed E-state index contributed by atoms with van der Waals surface area (Å²) in [6.45, 7) is 1.52. The Morgan fingerprint density at radius 3 is 1.84 bits per heavy atom. The zero-order chi connectivity index (χ0) is 14.3. The zero-order valence-corrected chi connectivity index (χ0v) is 9.86. The van der Waals surface area contributed by atoms with E-state index in [0.717, 1.165) is 0 Å². The van der Waals surface area contributed by atoms with Gasteiger partial charge in [0.1, 0.15) is 5.69 Å². The van der Waals surface area contributed by atoms with Crippen LogP contribution in [0.4, 0.5) is 33.3 Å². The van der Waals surface area contributed by atoms with E-state index >= 15 is 0 Å². The lowest BCUT2D eigenvalue weighted by molar-refractivity contribution is 0.382. The molecule has 0 saturated heterocycles. The van der Waals surface area contributed by atoms with Gasteiger partial charge in [0.05, 0.1) is 11.4 Å². The van der Waals surface area contributed by atoms with Crippen molar-refractivity contribution in [2.75, 3.05) is 5.32 Å². The second kappa shape index (κ2) is 4.52. The highest BCUT2D eigenvalue weighted by atomic mass is 19.2. The third-order valence-corrected chi connectivity index (χ3v) is 2.48. The molecule has 1 aromatic carbocycles. The van der Waals surface area contributed by atoms with Gasteiger partial charge in [0, 0.05) is 13.2 Å². The van der Waals surface area contributed by atoms with Crippen molar-refractivity contribution in [3.8, 4) is 0 Å². The van der Waals surface area contributed by atoms with Gasteiger partial charge in [-0.05, 0) is 6.92 Å². The molecule has 19 heavy (non-hydrogen) atoms. The number of aryl methyl sites for hydroxylation is 2. The van der Waals surface area contributed by atoms with Gasteiger partial charge in [0.15, 0.2) is 23.3 Å². The van der Waals surface area contributed by atoms with E-state index in [1.807, 2.05) is 0 Å². The van der Waals surface area contributed by atoms with Gasteiger partial charge in [-0.1, -0.05) is 0 Å². The van der Waals surface area contributed by atoms with Crippen molar-refractivity contribution in [1.29, 1.82) is 0 Å². The Labute approximate surface area is 104 Å². The Bertz CT molecular complexity index is 621. The summed E-state index contributed by atoms with van der Waals surface area (Å²) in [6, 6.07) is 0. The first-order valence-corrected chi connectivity index (χ1v) is 5.11. The van der Waals surface area contributed by atoms with Crippen LogP contribution in [0, 0.1) is 36.0 Å². The Kier molecular flexibility index (Phi) is 3.17. The van der Waals surface area contributed by atoms with Crippen molar-refractivity contribution in [1.82, 2.24) is 9.78 Å². The SMILES string of the molecule is Cc1nn(C)cc1Nc1c(F)c(F)c(F)c(F)c1F. The molecule has 0 aliphatic carbocycles. The molecule has 1 aromatic heterocycles. The van der Waals surface area contributed by atoms with Crippen LogP contribution in [0.3, 0.4) is 0 Å². The summed E-state index contributed by atoms with van der Waals surface area (Å²) >= 11 is 0. The molecule has 0 fully saturated rings. The number of rotatable bonds is 2. The van der Waals surface area contributed by atoms with Crippen LogP contribution in [0.15, 0.2) is 6.20 Å². The van der Waals surface area contributed by atoms with E-state index in [2.05, 4.69) is 10.4 Å². The highest BCUT2D eigenvalue weighted by molar-refractivity contribution is 5.62. The van der Waals surface area contributed by atoms with Crippen molar-refractivity contribution in [3.63, 3.8) is 0 Å². The molecular weight excluding hydrogens is 269 g/mol. The van der Waals surface area contributed by atoms with Crippen molar-refractivity contribution >= 4 is 11.4 Å². The van der Waals surface area contributed by atoms with E-state index in [0.29, 0.717) is 5.69 Å². The predicted octanol–water partition coefficient (Wildman–Crippen LogP) is 3.17. The lowest BCUT2D eigenvalue weighted by Crippen LogP contribution is -2.06. The fourth-order valence-corrected chi connectivity index (χ4v) is 1.57. The Balaban J connectivity index is 2.55. The van der Waals surface area contributed by atoms with Gasteiger partial charge in [-0.2, -0.15) is 5.10 Å². The molecule has 0 atom stereocenters. The number of anilines is 2. The molecule has 8 heteroatoms. The maximum atomic E-state index is 13.4. The first-order chi connectivity index (χ1) is 8.82. The molecule has 102 valence electrons. The summed E-state index contributed by atoms with van der Waals surface area (Å²) in [4.78, 5) is 0. The van der Waals surface area contributed by atoms with E-state index in [4.69, 9.17) is 0 Å². The molecule has 0 unspecified atom stereocenters. The van der Waals surface area contributed by atoms with Gasteiger partial charge < -0.3 is 5.32 Å². The molecule has 1 N–H and O–H groups in total. The summed E-state index contributed by atoms with van der Waals surface area (Å²) in [5, 5.41) is 6.04. The maximum Gasteiger partial charge on any atom is 0.200 e. The van der Waals surface area contributed by atoms with Crippen LogP contribution in [0.25, 0.3) is 0 Å². The number of nitrogens with zero attached hydrogens (tertiary/aromatic N) is 2. The fourth-order valence-electron chi connectivity index (χ4n) is 1.57. The molecule has 0 bridgehead atoms. The van der Waals surface area contributed by atoms with Gasteiger partial charge >= 0.3 is 0 Å². The standard InChI is InChI=1S/C11H8F5N3/c1-4-5(3-19(2)18-4)17-11-9(15)7(13)6(12)8(14)10(11)16/h3,17H,1-2H3. The summed E-state index contributed by atoms with van der Waals surface area (Å²) in [7, 11) is 1.55. The van der Waals surface area contributed by atoms with E-state index in [9.17, 15) is 22.0 Å². The van der Waals surface area contributed by atoms with Crippen LogP contribution in [0.5, 0.6) is 0 Å². The molecule has 0 aliphatic heterocycles. The minimum atomic E-state index is -2.19. The average molecular weight is 277 g/mol. The van der Waals surface area contributed by atoms with Crippen molar-refractivity contribution in [2.24, 2.45) is 7.05 Å². The summed E-state index contributed by atoms with van der Waals surface area (Å²) in [5.74, 6) is -10.0.